The molecule has 11 bridgehead atoms. The number of phenols is 3. The quantitative estimate of drug-likeness (QED) is 0.0251. The molecule has 6 aliphatic heterocycles. The molecule has 6 aromatic rings. The van der Waals surface area contributed by atoms with E-state index in [0.717, 1.165) is 79.1 Å². The highest BCUT2D eigenvalue weighted by atomic mass is 35.5. The number of nitrogens with one attached hydrogen (secondary N) is 10. The highest BCUT2D eigenvalue weighted by molar-refractivity contribution is 6.32. The molecule has 22 atom stereocenters. The number of rotatable bonds is 31. The van der Waals surface area contributed by atoms with Gasteiger partial charge in [0.15, 0.2) is 23.6 Å². The molecule has 3 unspecified atom stereocenters. The van der Waals surface area contributed by atoms with Crippen LogP contribution in [0.25, 0.3) is 11.1 Å². The summed E-state index contributed by atoms with van der Waals surface area (Å²) in [6, 6.07) is 5.13. The molecule has 6 heterocycles. The van der Waals surface area contributed by atoms with Crippen LogP contribution >= 0.6 is 23.2 Å². The summed E-state index contributed by atoms with van der Waals surface area (Å²) in [5.41, 5.74) is 1.68. The summed E-state index contributed by atoms with van der Waals surface area (Å²) in [6.07, 6.45) is -23.4. The first-order chi connectivity index (χ1) is 62.2. The van der Waals surface area contributed by atoms with Crippen LogP contribution in [0.2, 0.25) is 10.0 Å². The van der Waals surface area contributed by atoms with Crippen molar-refractivity contribution in [3.05, 3.63) is 146 Å². The van der Waals surface area contributed by atoms with Crippen LogP contribution in [0.1, 0.15) is 149 Å². The van der Waals surface area contributed by atoms with Crippen LogP contribution in [-0.2, 0) is 65.7 Å². The van der Waals surface area contributed by atoms with Gasteiger partial charge in [-0.3, -0.25) is 38.4 Å². The minimum absolute atomic E-state index is 0.0141. The summed E-state index contributed by atoms with van der Waals surface area (Å²) in [4.78, 5) is 133. The van der Waals surface area contributed by atoms with E-state index in [1.165, 1.54) is 19.2 Å². The topological polar surface area (TPSA) is 659 Å². The average Bonchev–Trinajstić information content (AvgIpc) is 0.730. The standard InChI is InChI=1S/C88H111Cl2N11O30/c1-7-8-22-126-44-15-10-39(11-16-44)33-95-88(5)32-45(24-38(4)78(88)116)127-77-74(114)72(112)60(36-103)130-87(77)131-76-58-28-43-29-59(76)129-57-19-14-42(27-50(57)90)69(109)67-84(122)99-65(86(124)125)47-30-54(105)48(34-93-20-9-21-94-85(123)75(115)73(113)71(111)55(106)35-102)70(110)62(47)46-25-40(12-17-53(46)104)63(81(119)101-67)98-82(120)64(43)97-80(118)52(31-61(91)107)96-83(121)66(100-79(117)51(92-6)23-37(2)3)68(108)41-13-18-56(128-58)49(89)26-41/h10-19,25-30,37-38,45,51-52,55,60,63-69,71-75,77-78,87,92-93,95,102-106,108-116H,7-9,20-24,31-36H2,1-6H3,(H2,91,107)(H,94,123)(H,96,121)(H,97,118)(H,98,120)(H,99,122)(H,100,117)(H,101,119)(H,124,125)/t38-,45-,51-,52+,55-,60-,63+,64-,65+,66-,67+,68-,69-,71-,72?,73+,74?,75-,77-,78-,87+,88?/m1/s1. The van der Waals surface area contributed by atoms with E-state index in [1.54, 1.807) is 13.8 Å². The maximum atomic E-state index is 16.5. The average molecular weight is 1870 g/mol. The highest BCUT2D eigenvalue weighted by Gasteiger charge is 2.52. The van der Waals surface area contributed by atoms with Gasteiger partial charge in [0.1, 0.15) is 120 Å². The third-order valence-electron chi connectivity index (χ3n) is 23.5. The number of carbonyl (C=O) groups is 9. The first-order valence-corrected chi connectivity index (χ1v) is 43.2. The number of aromatic hydroxyl groups is 3. The predicted octanol–water partition coefficient (Wildman–Crippen LogP) is -0.188. The van der Waals surface area contributed by atoms with Crippen molar-refractivity contribution in [2.45, 2.75) is 220 Å². The number of carbonyl (C=O) groups excluding carboxylic acids is 8. The zero-order valence-electron chi connectivity index (χ0n) is 72.0. The summed E-state index contributed by atoms with van der Waals surface area (Å²) >= 11 is 14.4. The Labute approximate surface area is 760 Å². The van der Waals surface area contributed by atoms with Gasteiger partial charge in [-0.25, -0.2) is 4.79 Å². The van der Waals surface area contributed by atoms with E-state index in [0.29, 0.717) is 12.4 Å². The van der Waals surface area contributed by atoms with Crippen molar-refractivity contribution in [3.8, 4) is 62.9 Å². The predicted molar refractivity (Wildman–Crippen MR) is 462 cm³/mol. The highest BCUT2D eigenvalue weighted by Crippen LogP contribution is 2.51. The van der Waals surface area contributed by atoms with Gasteiger partial charge in [-0.1, -0.05) is 87.6 Å². The Morgan fingerprint density at radius 2 is 1.32 bits per heavy atom. The SMILES string of the molecule is CCCCOc1ccc(CNC2(C)C[C@H](O[C@@H]3C(O)C(O)[C@@H](CO)O[C@H]3Oc3c4cc5cc3Oc3ccc(cc3Cl)[C@@H](O)[C@@H](NC(=O)[C@@H](CC(C)C)NC)C(=O)N[C@@H](CC(N)=O)C(=O)N[C@H]5C(=O)N[C@@H]3C(=O)N[C@H](C(=O)N[C@H](C(=O)O)c5cc(O)c(CNCCCNC(=O)[C@H](O)[C@@H](O)[C@H](O)[C@H](O)CO)c(O)c5-c5cc3ccc5O)[C@H](O)c3ccc(c(Cl)c3)O4)C[C@@H](C)[C@H]2O)cc1. The second-order valence-corrected chi connectivity index (χ2v) is 34.5. The molecule has 43 heteroatoms. The molecule has 0 radical (unpaired) electrons. The number of carboxylic acid groups (broad SMARTS) is 1. The molecule has 6 aromatic carbocycles. The van der Waals surface area contributed by atoms with Gasteiger partial charge in [0.05, 0.1) is 60.1 Å². The van der Waals surface area contributed by atoms with E-state index in [1.807, 2.05) is 45.0 Å². The number of aliphatic hydroxyl groups excluding tert-OH is 11. The van der Waals surface area contributed by atoms with Crippen LogP contribution in [0.3, 0.4) is 0 Å². The number of likely N-dealkylation sites (N-methyl/N-ethyl adjacent to an activating group) is 1. The zero-order chi connectivity index (χ0) is 95.5. The zero-order valence-corrected chi connectivity index (χ0v) is 73.5. The monoisotopic (exact) mass is 1870 g/mol. The summed E-state index contributed by atoms with van der Waals surface area (Å²) in [5.74, 6) is -18.0. The Balaban J connectivity index is 1.08. The van der Waals surface area contributed by atoms with E-state index in [9.17, 15) is 95.8 Å². The number of carboxylic acids is 1. The number of amides is 8. The smallest absolute Gasteiger partial charge is 0.330 e. The molecule has 8 amide bonds. The van der Waals surface area contributed by atoms with Crippen molar-refractivity contribution >= 4 is 76.4 Å². The molecule has 41 nitrogen and oxygen atoms in total. The van der Waals surface area contributed by atoms with Crippen molar-refractivity contribution in [1.82, 2.24) is 53.2 Å². The van der Waals surface area contributed by atoms with Gasteiger partial charge in [-0.15, -0.1) is 0 Å². The number of aliphatic hydroxyl groups is 11. The lowest BCUT2D eigenvalue weighted by atomic mass is 9.73. The molecule has 2 fully saturated rings. The molecule has 27 N–H and O–H groups in total. The number of hydrogen-bond acceptors (Lipinski definition) is 32. The first kappa shape index (κ1) is 101. The Morgan fingerprint density at radius 1 is 0.687 bits per heavy atom. The molecule has 712 valence electrons. The molecule has 7 aliphatic rings. The van der Waals surface area contributed by atoms with Crippen LogP contribution in [-0.4, -0.2) is 267 Å². The Bertz CT molecular complexity index is 5140. The first-order valence-electron chi connectivity index (χ1n) is 42.5. The van der Waals surface area contributed by atoms with Gasteiger partial charge in [-0.2, -0.15) is 0 Å². The lowest BCUT2D eigenvalue weighted by Gasteiger charge is -2.48. The van der Waals surface area contributed by atoms with Crippen LogP contribution in [0, 0.1) is 11.8 Å². The Morgan fingerprint density at radius 3 is 1.93 bits per heavy atom. The number of hydrogen-bond donors (Lipinski definition) is 26. The summed E-state index contributed by atoms with van der Waals surface area (Å²) in [5, 5.41) is 195. The van der Waals surface area contributed by atoms with Gasteiger partial charge < -0.3 is 164 Å². The Hall–Kier alpha value is -10.9. The van der Waals surface area contributed by atoms with Crippen LogP contribution in [0.4, 0.5) is 0 Å². The lowest BCUT2D eigenvalue weighted by molar-refractivity contribution is -0.299. The maximum absolute atomic E-state index is 16.5. The van der Waals surface area contributed by atoms with Crippen molar-refractivity contribution in [3.63, 3.8) is 0 Å². The van der Waals surface area contributed by atoms with Crippen LogP contribution < -0.4 is 77.8 Å². The maximum Gasteiger partial charge on any atom is 0.330 e. The van der Waals surface area contributed by atoms with Crippen molar-refractivity contribution in [1.29, 1.82) is 0 Å². The summed E-state index contributed by atoms with van der Waals surface area (Å²) in [7, 11) is 1.46. The molecule has 0 aromatic heterocycles. The molecular formula is C88H111Cl2N11O30. The minimum Gasteiger partial charge on any atom is -0.507 e. The number of primary amides is 1. The molecule has 131 heavy (non-hydrogen) atoms. The van der Waals surface area contributed by atoms with Gasteiger partial charge >= 0.3 is 5.97 Å². The van der Waals surface area contributed by atoms with E-state index in [4.69, 9.17) is 57.4 Å². The number of halogens is 2. The number of benzene rings is 6. The third kappa shape index (κ3) is 23.6. The number of unbranched alkanes of at least 4 members (excludes halogenated alkanes) is 1. The fourth-order valence-electron chi connectivity index (χ4n) is 16.2. The summed E-state index contributed by atoms with van der Waals surface area (Å²) in [6.45, 7) is 7.08. The normalized spacial score (nSPS) is 26.3. The van der Waals surface area contributed by atoms with Crippen LogP contribution in [0.5, 0.6) is 51.7 Å². The molecule has 0 spiro atoms. The van der Waals surface area contributed by atoms with Gasteiger partial charge in [0.25, 0.3) is 5.91 Å². The minimum atomic E-state index is -2.43. The molecular weight excluding hydrogens is 1760 g/mol. The fourth-order valence-corrected chi connectivity index (χ4v) is 16.7. The van der Waals surface area contributed by atoms with E-state index < -0.39 is 291 Å². The molecule has 1 saturated heterocycles. The number of fused-ring (bicyclic) bond motifs is 15. The Kier molecular flexibility index (Phi) is 33.9. The van der Waals surface area contributed by atoms with Crippen LogP contribution in [0.15, 0.2) is 97.1 Å². The number of nitrogens with two attached hydrogens (primary N) is 1. The third-order valence-corrected chi connectivity index (χ3v) is 24.1. The molecule has 13 rings (SSSR count). The largest absolute Gasteiger partial charge is 0.507 e. The second-order valence-electron chi connectivity index (χ2n) is 33.6. The number of aliphatic carboxylic acids is 1. The van der Waals surface area contributed by atoms with E-state index >= 15 is 24.0 Å². The van der Waals surface area contributed by atoms with Crippen molar-refractivity contribution in [2.24, 2.45) is 17.6 Å². The van der Waals surface area contributed by atoms with Crippen molar-refractivity contribution in [2.75, 3.05) is 40.0 Å². The molecule has 1 saturated carbocycles. The van der Waals surface area contributed by atoms with Gasteiger partial charge in [0.2, 0.25) is 53.4 Å². The van der Waals surface area contributed by atoms with Gasteiger partial charge in [0, 0.05) is 41.9 Å². The van der Waals surface area contributed by atoms with E-state index in [2.05, 4.69) is 53.2 Å². The summed E-state index contributed by atoms with van der Waals surface area (Å²) < 4.78 is 39.5. The fraction of sp³-hybridized carbons (Fsp3) is 0.489. The van der Waals surface area contributed by atoms with Gasteiger partial charge in [-0.05, 0) is 159 Å². The second kappa shape index (κ2) is 44.1. The van der Waals surface area contributed by atoms with Crippen molar-refractivity contribution < 1.29 is 148 Å². The number of phenolic OH excluding ortho intramolecular Hbond substituents is 3. The van der Waals surface area contributed by atoms with E-state index in [-0.39, 0.29) is 73.1 Å². The molecule has 1 aliphatic carbocycles. The lowest BCUT2D eigenvalue weighted by Crippen LogP contribution is -2.64. The number of ether oxygens (including phenoxy) is 6.